The normalized spacial score (nSPS) is 11.2. The van der Waals surface area contributed by atoms with Gasteiger partial charge in [-0.2, -0.15) is 13.1 Å². The van der Waals surface area contributed by atoms with E-state index in [1.165, 1.54) is 0 Å². The SMILES string of the molecule is C#Cc1cccc(NS(=O)(=O)NCC(C)C)c1. The predicted molar refractivity (Wildman–Crippen MR) is 69.8 cm³/mol. The lowest BCUT2D eigenvalue weighted by atomic mass is 10.2. The van der Waals surface area contributed by atoms with E-state index < -0.39 is 10.2 Å². The van der Waals surface area contributed by atoms with Gasteiger partial charge in [-0.1, -0.05) is 25.8 Å². The van der Waals surface area contributed by atoms with Gasteiger partial charge in [0.05, 0.1) is 5.69 Å². The Bertz CT molecular complexity index is 516. The van der Waals surface area contributed by atoms with Crippen LogP contribution in [0.25, 0.3) is 0 Å². The molecule has 0 aliphatic heterocycles. The number of nitrogens with one attached hydrogen (secondary N) is 2. The zero-order valence-electron chi connectivity index (χ0n) is 9.90. The fourth-order valence-electron chi connectivity index (χ4n) is 1.14. The van der Waals surface area contributed by atoms with Gasteiger partial charge in [-0.3, -0.25) is 4.72 Å². The summed E-state index contributed by atoms with van der Waals surface area (Å²) in [5, 5.41) is 0. The van der Waals surface area contributed by atoms with Gasteiger partial charge in [0.15, 0.2) is 0 Å². The van der Waals surface area contributed by atoms with E-state index >= 15 is 0 Å². The third-order valence-electron chi connectivity index (χ3n) is 1.96. The maximum atomic E-state index is 11.6. The van der Waals surface area contributed by atoms with Gasteiger partial charge in [0.25, 0.3) is 10.2 Å². The molecule has 5 heteroatoms. The summed E-state index contributed by atoms with van der Waals surface area (Å²) in [6.07, 6.45) is 5.24. The highest BCUT2D eigenvalue weighted by atomic mass is 32.2. The second kappa shape index (κ2) is 5.71. The summed E-state index contributed by atoms with van der Waals surface area (Å²) in [4.78, 5) is 0. The van der Waals surface area contributed by atoms with E-state index in [0.29, 0.717) is 17.8 Å². The Labute approximate surface area is 103 Å². The van der Waals surface area contributed by atoms with Crippen LogP contribution in [0.15, 0.2) is 24.3 Å². The summed E-state index contributed by atoms with van der Waals surface area (Å²) in [6, 6.07) is 6.69. The molecule has 0 spiro atoms. The summed E-state index contributed by atoms with van der Waals surface area (Å²) in [7, 11) is -3.52. The number of rotatable bonds is 5. The van der Waals surface area contributed by atoms with Gasteiger partial charge in [-0.05, 0) is 24.1 Å². The van der Waals surface area contributed by atoms with Gasteiger partial charge in [-0.15, -0.1) is 6.42 Å². The molecule has 0 aromatic heterocycles. The molecular formula is C12H16N2O2S. The van der Waals surface area contributed by atoms with Crippen molar-refractivity contribution in [2.75, 3.05) is 11.3 Å². The number of hydrogen-bond acceptors (Lipinski definition) is 2. The van der Waals surface area contributed by atoms with Crippen molar-refractivity contribution in [1.29, 1.82) is 0 Å². The molecule has 0 atom stereocenters. The molecule has 1 aromatic rings. The maximum absolute atomic E-state index is 11.6. The smallest absolute Gasteiger partial charge is 0.271 e. The molecule has 4 nitrogen and oxygen atoms in total. The Morgan fingerprint density at radius 3 is 2.71 bits per heavy atom. The van der Waals surface area contributed by atoms with Crippen LogP contribution < -0.4 is 9.44 Å². The Balaban J connectivity index is 2.73. The molecular weight excluding hydrogens is 236 g/mol. The summed E-state index contributed by atoms with van der Waals surface area (Å²) in [5.74, 6) is 2.70. The van der Waals surface area contributed by atoms with E-state index in [1.807, 2.05) is 13.8 Å². The van der Waals surface area contributed by atoms with E-state index in [-0.39, 0.29) is 5.92 Å². The quantitative estimate of drug-likeness (QED) is 0.781. The van der Waals surface area contributed by atoms with Gasteiger partial charge in [-0.25, -0.2) is 0 Å². The Morgan fingerprint density at radius 1 is 1.41 bits per heavy atom. The molecule has 2 N–H and O–H groups in total. The lowest BCUT2D eigenvalue weighted by Crippen LogP contribution is -2.32. The highest BCUT2D eigenvalue weighted by molar-refractivity contribution is 7.90. The number of hydrogen-bond donors (Lipinski definition) is 2. The maximum Gasteiger partial charge on any atom is 0.299 e. The van der Waals surface area contributed by atoms with Crippen molar-refractivity contribution in [3.8, 4) is 12.3 Å². The molecule has 1 aromatic carbocycles. The average Bonchev–Trinajstić information content (AvgIpc) is 2.26. The first-order chi connectivity index (χ1) is 7.93. The Hall–Kier alpha value is -1.51. The Morgan fingerprint density at radius 2 is 2.12 bits per heavy atom. The number of terminal acetylenes is 1. The van der Waals surface area contributed by atoms with Crippen LogP contribution >= 0.6 is 0 Å². The highest BCUT2D eigenvalue weighted by Crippen LogP contribution is 2.10. The molecule has 17 heavy (non-hydrogen) atoms. The van der Waals surface area contributed by atoms with E-state index in [1.54, 1.807) is 24.3 Å². The van der Waals surface area contributed by atoms with Crippen LogP contribution in [-0.4, -0.2) is 15.0 Å². The minimum Gasteiger partial charge on any atom is -0.271 e. The van der Waals surface area contributed by atoms with Gasteiger partial charge in [0.1, 0.15) is 0 Å². The molecule has 0 bridgehead atoms. The fraction of sp³-hybridized carbons (Fsp3) is 0.333. The molecule has 0 saturated carbocycles. The molecule has 0 saturated heterocycles. The van der Waals surface area contributed by atoms with Crippen LogP contribution in [0.2, 0.25) is 0 Å². The molecule has 0 heterocycles. The molecule has 0 aliphatic rings. The van der Waals surface area contributed by atoms with Crippen LogP contribution in [0, 0.1) is 18.3 Å². The minimum atomic E-state index is -3.52. The zero-order valence-corrected chi connectivity index (χ0v) is 10.7. The average molecular weight is 252 g/mol. The van der Waals surface area contributed by atoms with Gasteiger partial charge >= 0.3 is 0 Å². The molecule has 0 unspecified atom stereocenters. The number of benzene rings is 1. The van der Waals surface area contributed by atoms with Crippen LogP contribution in [-0.2, 0) is 10.2 Å². The first-order valence-electron chi connectivity index (χ1n) is 5.27. The van der Waals surface area contributed by atoms with Crippen molar-refractivity contribution >= 4 is 15.9 Å². The zero-order chi connectivity index (χ0) is 12.9. The second-order valence-electron chi connectivity index (χ2n) is 4.07. The number of anilines is 1. The van der Waals surface area contributed by atoms with Crippen LogP contribution in [0.3, 0.4) is 0 Å². The van der Waals surface area contributed by atoms with Crippen LogP contribution in [0.1, 0.15) is 19.4 Å². The van der Waals surface area contributed by atoms with Crippen molar-refractivity contribution < 1.29 is 8.42 Å². The first kappa shape index (κ1) is 13.6. The third kappa shape index (κ3) is 4.89. The van der Waals surface area contributed by atoms with E-state index in [9.17, 15) is 8.42 Å². The standard InChI is InChI=1S/C12H16N2O2S/c1-4-11-6-5-7-12(8-11)14-17(15,16)13-9-10(2)3/h1,5-8,10,13-14H,9H2,2-3H3. The first-order valence-corrected chi connectivity index (χ1v) is 6.75. The van der Waals surface area contributed by atoms with Crippen molar-refractivity contribution in [2.45, 2.75) is 13.8 Å². The monoisotopic (exact) mass is 252 g/mol. The molecule has 0 fully saturated rings. The minimum absolute atomic E-state index is 0.253. The van der Waals surface area contributed by atoms with Crippen LogP contribution in [0.5, 0.6) is 0 Å². The predicted octanol–water partition coefficient (Wildman–Crippen LogP) is 1.57. The largest absolute Gasteiger partial charge is 0.299 e. The van der Waals surface area contributed by atoms with E-state index in [2.05, 4.69) is 15.4 Å². The lowest BCUT2D eigenvalue weighted by molar-refractivity contribution is 0.565. The Kier molecular flexibility index (Phi) is 4.55. The molecule has 92 valence electrons. The van der Waals surface area contributed by atoms with Crippen molar-refractivity contribution in [1.82, 2.24) is 4.72 Å². The summed E-state index contributed by atoms with van der Waals surface area (Å²) in [6.45, 7) is 4.26. The van der Waals surface area contributed by atoms with Crippen molar-refractivity contribution in [2.24, 2.45) is 5.92 Å². The highest BCUT2D eigenvalue weighted by Gasteiger charge is 2.09. The van der Waals surface area contributed by atoms with Crippen LogP contribution in [0.4, 0.5) is 5.69 Å². The van der Waals surface area contributed by atoms with E-state index in [0.717, 1.165) is 0 Å². The van der Waals surface area contributed by atoms with Gasteiger partial charge in [0, 0.05) is 12.1 Å². The summed E-state index contributed by atoms with van der Waals surface area (Å²) in [5.41, 5.74) is 1.09. The van der Waals surface area contributed by atoms with Gasteiger partial charge in [0.2, 0.25) is 0 Å². The second-order valence-corrected chi connectivity index (χ2v) is 5.57. The summed E-state index contributed by atoms with van der Waals surface area (Å²) >= 11 is 0. The fourth-order valence-corrected chi connectivity index (χ4v) is 2.20. The molecule has 0 radical (unpaired) electrons. The van der Waals surface area contributed by atoms with E-state index in [4.69, 9.17) is 6.42 Å². The topological polar surface area (TPSA) is 58.2 Å². The third-order valence-corrected chi connectivity index (χ3v) is 3.01. The molecule has 0 amide bonds. The lowest BCUT2D eigenvalue weighted by Gasteiger charge is -2.10. The van der Waals surface area contributed by atoms with Crippen molar-refractivity contribution in [3.05, 3.63) is 29.8 Å². The van der Waals surface area contributed by atoms with Crippen molar-refractivity contribution in [3.63, 3.8) is 0 Å². The molecule has 0 aliphatic carbocycles. The molecule has 1 rings (SSSR count). The van der Waals surface area contributed by atoms with Gasteiger partial charge < -0.3 is 0 Å². The summed E-state index contributed by atoms with van der Waals surface area (Å²) < 4.78 is 28.1.